The maximum Gasteiger partial charge on any atom is 0.153 e. The maximum atomic E-state index is 11.9. The Morgan fingerprint density at radius 1 is 1.35 bits per heavy atom. The van der Waals surface area contributed by atoms with Crippen molar-refractivity contribution in [2.75, 3.05) is 19.0 Å². The van der Waals surface area contributed by atoms with Crippen LogP contribution >= 0.6 is 0 Å². The van der Waals surface area contributed by atoms with Crippen LogP contribution in [0.2, 0.25) is 0 Å². The van der Waals surface area contributed by atoms with Gasteiger partial charge in [-0.25, -0.2) is 8.42 Å². The molecule has 0 spiro atoms. The summed E-state index contributed by atoms with van der Waals surface area (Å²) in [7, 11) is -3.17. The van der Waals surface area contributed by atoms with Crippen molar-refractivity contribution in [2.24, 2.45) is 5.73 Å². The SMILES string of the molecule is CC(C)S(=O)(=O)CCC(=O)C1(N)CCOCC1. The lowest BCUT2D eigenvalue weighted by Crippen LogP contribution is -2.52. The second-order valence-corrected chi connectivity index (χ2v) is 7.53. The van der Waals surface area contributed by atoms with Crippen LogP contribution in [0.15, 0.2) is 0 Å². The fraction of sp³-hybridized carbons (Fsp3) is 0.909. The lowest BCUT2D eigenvalue weighted by molar-refractivity contribution is -0.127. The Bertz CT molecular complexity index is 369. The highest BCUT2D eigenvalue weighted by Crippen LogP contribution is 2.20. The number of Topliss-reactive ketones (excluding diaryl/α,β-unsaturated/α-hetero) is 1. The van der Waals surface area contributed by atoms with Crippen molar-refractivity contribution >= 4 is 15.6 Å². The average Bonchev–Trinajstić information content (AvgIpc) is 2.26. The number of carbonyl (C=O) groups excluding carboxylic acids is 1. The van der Waals surface area contributed by atoms with Gasteiger partial charge in [-0.3, -0.25) is 4.79 Å². The van der Waals surface area contributed by atoms with E-state index >= 15 is 0 Å². The Morgan fingerprint density at radius 3 is 2.35 bits per heavy atom. The van der Waals surface area contributed by atoms with Gasteiger partial charge in [0, 0.05) is 19.6 Å². The van der Waals surface area contributed by atoms with Gasteiger partial charge in [0.25, 0.3) is 0 Å². The molecule has 0 aromatic rings. The van der Waals surface area contributed by atoms with Crippen molar-refractivity contribution in [1.82, 2.24) is 0 Å². The second kappa shape index (κ2) is 5.46. The molecule has 1 fully saturated rings. The van der Waals surface area contributed by atoms with E-state index in [1.807, 2.05) is 0 Å². The Balaban J connectivity index is 2.55. The van der Waals surface area contributed by atoms with Crippen LogP contribution in [0.4, 0.5) is 0 Å². The number of ether oxygens (including phenoxy) is 1. The fourth-order valence-corrected chi connectivity index (χ4v) is 2.68. The topological polar surface area (TPSA) is 86.5 Å². The fourth-order valence-electron chi connectivity index (χ4n) is 1.73. The molecule has 5 nitrogen and oxygen atoms in total. The standard InChI is InChI=1S/C11H21NO4S/c1-9(2)17(14,15)8-3-10(13)11(12)4-6-16-7-5-11/h9H,3-8,12H2,1-2H3. The van der Waals surface area contributed by atoms with Crippen molar-refractivity contribution in [1.29, 1.82) is 0 Å². The van der Waals surface area contributed by atoms with Crippen LogP contribution in [0.1, 0.15) is 33.1 Å². The van der Waals surface area contributed by atoms with Gasteiger partial charge in [0.2, 0.25) is 0 Å². The zero-order valence-electron chi connectivity index (χ0n) is 10.4. The Kier molecular flexibility index (Phi) is 4.69. The highest BCUT2D eigenvalue weighted by Gasteiger charge is 2.35. The molecule has 0 bridgehead atoms. The normalized spacial score (nSPS) is 20.5. The molecule has 100 valence electrons. The summed E-state index contributed by atoms with van der Waals surface area (Å²) in [6, 6.07) is 0. The lowest BCUT2D eigenvalue weighted by Gasteiger charge is -2.31. The van der Waals surface area contributed by atoms with E-state index in [-0.39, 0.29) is 18.0 Å². The molecule has 1 aliphatic rings. The van der Waals surface area contributed by atoms with Crippen molar-refractivity contribution in [3.05, 3.63) is 0 Å². The first-order valence-corrected chi connectivity index (χ1v) is 7.61. The number of sulfone groups is 1. The predicted molar refractivity (Wildman–Crippen MR) is 65.5 cm³/mol. The first-order chi connectivity index (χ1) is 7.78. The van der Waals surface area contributed by atoms with E-state index in [0.29, 0.717) is 26.1 Å². The number of hydrogen-bond donors (Lipinski definition) is 1. The molecule has 1 heterocycles. The van der Waals surface area contributed by atoms with E-state index in [1.165, 1.54) is 0 Å². The van der Waals surface area contributed by atoms with Crippen molar-refractivity contribution in [3.63, 3.8) is 0 Å². The van der Waals surface area contributed by atoms with Crippen LogP contribution in [-0.4, -0.2) is 44.0 Å². The minimum Gasteiger partial charge on any atom is -0.381 e. The average molecular weight is 263 g/mol. The minimum atomic E-state index is -3.17. The second-order valence-electron chi connectivity index (χ2n) is 4.86. The van der Waals surface area contributed by atoms with Gasteiger partial charge in [0.15, 0.2) is 15.6 Å². The Morgan fingerprint density at radius 2 is 1.88 bits per heavy atom. The number of ketones is 1. The Labute approximate surface area is 103 Å². The number of hydrogen-bond acceptors (Lipinski definition) is 5. The van der Waals surface area contributed by atoms with E-state index < -0.39 is 20.6 Å². The molecule has 2 N–H and O–H groups in total. The van der Waals surface area contributed by atoms with Crippen molar-refractivity contribution < 1.29 is 17.9 Å². The number of nitrogens with two attached hydrogens (primary N) is 1. The van der Waals surface area contributed by atoms with Crippen LogP contribution in [0.5, 0.6) is 0 Å². The van der Waals surface area contributed by atoms with E-state index in [1.54, 1.807) is 13.8 Å². The van der Waals surface area contributed by atoms with Gasteiger partial charge in [-0.05, 0) is 26.7 Å². The summed E-state index contributed by atoms with van der Waals surface area (Å²) in [5.74, 6) is -0.270. The van der Waals surface area contributed by atoms with Crippen molar-refractivity contribution in [3.8, 4) is 0 Å². The maximum absolute atomic E-state index is 11.9. The zero-order chi connectivity index (χ0) is 13.1. The van der Waals surface area contributed by atoms with Gasteiger partial charge in [-0.1, -0.05) is 0 Å². The minimum absolute atomic E-state index is 0.0109. The van der Waals surface area contributed by atoms with Crippen LogP contribution in [-0.2, 0) is 19.4 Å². The summed E-state index contributed by atoms with van der Waals surface area (Å²) in [6.45, 7) is 4.18. The zero-order valence-corrected chi connectivity index (χ0v) is 11.3. The third-order valence-corrected chi connectivity index (χ3v) is 5.48. The van der Waals surface area contributed by atoms with Gasteiger partial charge in [-0.15, -0.1) is 0 Å². The molecule has 1 saturated heterocycles. The molecule has 0 saturated carbocycles. The Hall–Kier alpha value is -0.460. The summed E-state index contributed by atoms with van der Waals surface area (Å²) in [5, 5.41) is -0.446. The van der Waals surface area contributed by atoms with Crippen LogP contribution in [0, 0.1) is 0 Å². The van der Waals surface area contributed by atoms with E-state index in [0.717, 1.165) is 0 Å². The summed E-state index contributed by atoms with van der Waals surface area (Å²) in [5.41, 5.74) is 5.10. The third-order valence-electron chi connectivity index (χ3n) is 3.27. The monoisotopic (exact) mass is 263 g/mol. The molecule has 1 rings (SSSR count). The summed E-state index contributed by atoms with van der Waals surface area (Å²) in [4.78, 5) is 11.9. The molecular formula is C11H21NO4S. The van der Waals surface area contributed by atoms with Crippen LogP contribution < -0.4 is 5.73 Å². The first-order valence-electron chi connectivity index (χ1n) is 5.89. The molecule has 0 atom stereocenters. The number of carbonyl (C=O) groups is 1. The highest BCUT2D eigenvalue weighted by atomic mass is 32.2. The third kappa shape index (κ3) is 3.76. The largest absolute Gasteiger partial charge is 0.381 e. The molecule has 6 heteroatoms. The van der Waals surface area contributed by atoms with Gasteiger partial charge in [-0.2, -0.15) is 0 Å². The molecule has 0 aromatic heterocycles. The van der Waals surface area contributed by atoms with E-state index in [4.69, 9.17) is 10.5 Å². The van der Waals surface area contributed by atoms with Gasteiger partial charge >= 0.3 is 0 Å². The van der Waals surface area contributed by atoms with Crippen LogP contribution in [0.25, 0.3) is 0 Å². The predicted octanol–water partition coefficient (Wildman–Crippen LogP) is 0.277. The van der Waals surface area contributed by atoms with Gasteiger partial charge < -0.3 is 10.5 Å². The molecule has 0 aliphatic carbocycles. The summed E-state index contributed by atoms with van der Waals surface area (Å²) >= 11 is 0. The van der Waals surface area contributed by atoms with Gasteiger partial charge in [0.05, 0.1) is 16.5 Å². The summed E-state index contributed by atoms with van der Waals surface area (Å²) < 4.78 is 28.4. The molecule has 17 heavy (non-hydrogen) atoms. The highest BCUT2D eigenvalue weighted by molar-refractivity contribution is 7.91. The molecular weight excluding hydrogens is 242 g/mol. The molecule has 0 aromatic carbocycles. The molecule has 1 aliphatic heterocycles. The quantitative estimate of drug-likeness (QED) is 0.769. The lowest BCUT2D eigenvalue weighted by atomic mass is 9.86. The van der Waals surface area contributed by atoms with Crippen molar-refractivity contribution in [2.45, 2.75) is 43.9 Å². The van der Waals surface area contributed by atoms with E-state index in [2.05, 4.69) is 0 Å². The molecule has 0 amide bonds. The van der Waals surface area contributed by atoms with Gasteiger partial charge in [0.1, 0.15) is 0 Å². The summed E-state index contributed by atoms with van der Waals surface area (Å²) in [6.07, 6.45) is 0.970. The smallest absolute Gasteiger partial charge is 0.153 e. The first kappa shape index (κ1) is 14.6. The molecule has 0 radical (unpaired) electrons. The molecule has 0 unspecified atom stereocenters. The van der Waals surface area contributed by atoms with E-state index in [9.17, 15) is 13.2 Å². The number of rotatable bonds is 5. The van der Waals surface area contributed by atoms with Crippen LogP contribution in [0.3, 0.4) is 0 Å².